The molecule has 2 aliphatic rings. The molecule has 98 valence electrons. The lowest BCUT2D eigenvalue weighted by Gasteiger charge is -2.37. The van der Waals surface area contributed by atoms with E-state index < -0.39 is 12.1 Å². The van der Waals surface area contributed by atoms with Gasteiger partial charge in [-0.3, -0.25) is 9.59 Å². The van der Waals surface area contributed by atoms with Gasteiger partial charge in [0, 0.05) is 17.7 Å². The van der Waals surface area contributed by atoms with Gasteiger partial charge in [-0.25, -0.2) is 4.90 Å². The van der Waals surface area contributed by atoms with Gasteiger partial charge in [0.2, 0.25) is 0 Å². The Kier molecular flexibility index (Phi) is 2.67. The number of fused-ring (bicyclic) bond motifs is 2. The molecule has 19 heavy (non-hydrogen) atoms. The summed E-state index contributed by atoms with van der Waals surface area (Å²) >= 11 is 0. The van der Waals surface area contributed by atoms with Gasteiger partial charge >= 0.3 is 0 Å². The summed E-state index contributed by atoms with van der Waals surface area (Å²) in [6.07, 6.45) is 0. The van der Waals surface area contributed by atoms with Gasteiger partial charge in [0.15, 0.2) is 17.6 Å². The van der Waals surface area contributed by atoms with Crippen molar-refractivity contribution in [1.29, 1.82) is 0 Å². The van der Waals surface area contributed by atoms with Crippen LogP contribution >= 0.6 is 0 Å². The van der Waals surface area contributed by atoms with Crippen LogP contribution in [0.15, 0.2) is 24.3 Å². The van der Waals surface area contributed by atoms with Crippen molar-refractivity contribution < 1.29 is 14.5 Å². The maximum absolute atomic E-state index is 12.5. The van der Waals surface area contributed by atoms with E-state index in [0.717, 1.165) is 0 Å². The first-order valence-electron chi connectivity index (χ1n) is 6.26. The maximum Gasteiger partial charge on any atom is 0.281 e. The average molecular weight is 260 g/mol. The van der Waals surface area contributed by atoms with Crippen LogP contribution in [0.4, 0.5) is 0 Å². The number of carbonyl (C=O) groups excluding carboxylic acids is 2. The molecule has 6 heteroatoms. The Morgan fingerprint density at radius 2 is 1.89 bits per heavy atom. The molecule has 1 aromatic carbocycles. The number of benzene rings is 1. The van der Waals surface area contributed by atoms with Gasteiger partial charge in [-0.1, -0.05) is 31.2 Å². The molecule has 1 heterocycles. The van der Waals surface area contributed by atoms with Crippen LogP contribution in [0.5, 0.6) is 0 Å². The second-order valence-corrected chi connectivity index (χ2v) is 4.75. The molecule has 1 aliphatic carbocycles. The molecule has 2 unspecified atom stereocenters. The Bertz CT molecular complexity index is 584. The van der Waals surface area contributed by atoms with Gasteiger partial charge in [-0.15, -0.1) is 5.43 Å². The monoisotopic (exact) mass is 260 g/mol. The number of ketones is 2. The van der Waals surface area contributed by atoms with Crippen LogP contribution in [-0.4, -0.2) is 46.6 Å². The standard InChI is InChI=1S/C13H14N3O3/c1-2-15-7-16(19)14-10-11(15)13(18)9-6-4-3-5-8(9)12(10)17/h3-6,10-11H,2,7H2,1H3,(H,14,19)/q+1. The van der Waals surface area contributed by atoms with Crippen molar-refractivity contribution in [2.45, 2.75) is 19.0 Å². The minimum atomic E-state index is -0.784. The molecule has 1 N–H and O–H groups in total. The fraction of sp³-hybridized carbons (Fsp3) is 0.385. The molecule has 0 bridgehead atoms. The summed E-state index contributed by atoms with van der Waals surface area (Å²) < 4.78 is 0. The van der Waals surface area contributed by atoms with Crippen molar-refractivity contribution in [1.82, 2.24) is 10.3 Å². The van der Waals surface area contributed by atoms with Crippen LogP contribution in [0.3, 0.4) is 0 Å². The van der Waals surface area contributed by atoms with Crippen molar-refractivity contribution >= 4 is 11.6 Å². The number of nitrogens with zero attached hydrogens (tertiary/aromatic N) is 2. The number of nitroso groups, excluding NO2 is 1. The summed E-state index contributed by atoms with van der Waals surface area (Å²) in [5, 5.41) is 0. The summed E-state index contributed by atoms with van der Waals surface area (Å²) in [6, 6.07) is 5.40. The lowest BCUT2D eigenvalue weighted by molar-refractivity contribution is -0.641. The van der Waals surface area contributed by atoms with Crippen LogP contribution < -0.4 is 5.43 Å². The van der Waals surface area contributed by atoms with E-state index >= 15 is 0 Å². The van der Waals surface area contributed by atoms with E-state index in [4.69, 9.17) is 0 Å². The van der Waals surface area contributed by atoms with Crippen molar-refractivity contribution in [3.05, 3.63) is 40.3 Å². The Hall–Kier alpha value is -2.08. The van der Waals surface area contributed by atoms with E-state index in [2.05, 4.69) is 5.43 Å². The Morgan fingerprint density at radius 1 is 1.26 bits per heavy atom. The Balaban J connectivity index is 2.12. The highest BCUT2D eigenvalue weighted by atomic mass is 16.3. The highest BCUT2D eigenvalue weighted by Crippen LogP contribution is 2.26. The predicted octanol–water partition coefficient (Wildman–Crippen LogP) is 0.379. The second kappa shape index (κ2) is 4.24. The van der Waals surface area contributed by atoms with Gasteiger partial charge in [-0.2, -0.15) is 0 Å². The molecule has 1 fully saturated rings. The van der Waals surface area contributed by atoms with Crippen LogP contribution in [0.2, 0.25) is 0 Å². The van der Waals surface area contributed by atoms with E-state index in [1.54, 1.807) is 29.2 Å². The first kappa shape index (κ1) is 12.0. The lowest BCUT2D eigenvalue weighted by Crippen LogP contribution is -2.68. The van der Waals surface area contributed by atoms with E-state index in [1.807, 2.05) is 6.92 Å². The number of hydrogen-bond acceptors (Lipinski definition) is 4. The zero-order chi connectivity index (χ0) is 13.6. The third kappa shape index (κ3) is 1.67. The third-order valence-electron chi connectivity index (χ3n) is 3.72. The van der Waals surface area contributed by atoms with Gasteiger partial charge in [0.1, 0.15) is 10.9 Å². The summed E-state index contributed by atoms with van der Waals surface area (Å²) in [6.45, 7) is 2.50. The SMILES string of the molecule is CCN1C[N+](=O)NC2C(=O)c3ccccc3C(=O)C21. The number of nitrogens with one attached hydrogen (secondary N) is 1. The maximum atomic E-state index is 12.5. The van der Waals surface area contributed by atoms with E-state index in [1.165, 1.54) is 0 Å². The number of Topliss-reactive ketones (excluding diaryl/α,β-unsaturated/α-hetero) is 2. The third-order valence-corrected chi connectivity index (χ3v) is 3.72. The molecule has 2 atom stereocenters. The van der Waals surface area contributed by atoms with E-state index in [9.17, 15) is 14.5 Å². The lowest BCUT2D eigenvalue weighted by atomic mass is 9.81. The number of rotatable bonds is 1. The Morgan fingerprint density at radius 3 is 2.53 bits per heavy atom. The van der Waals surface area contributed by atoms with Crippen LogP contribution in [-0.2, 0) is 0 Å². The number of carbonyl (C=O) groups is 2. The van der Waals surface area contributed by atoms with Crippen LogP contribution in [0, 0.1) is 4.91 Å². The molecule has 1 aliphatic heterocycles. The number of hydrogen-bond donors (Lipinski definition) is 1. The van der Waals surface area contributed by atoms with E-state index in [-0.39, 0.29) is 18.2 Å². The average Bonchev–Trinajstić information content (AvgIpc) is 2.43. The smallest absolute Gasteiger partial charge is 0.281 e. The van der Waals surface area contributed by atoms with Crippen molar-refractivity contribution in [3.63, 3.8) is 0 Å². The number of likely N-dealkylation sites (N-methyl/N-ethyl adjacent to an activating group) is 1. The highest BCUT2D eigenvalue weighted by Gasteiger charge is 2.51. The normalized spacial score (nSPS) is 26.7. The fourth-order valence-electron chi connectivity index (χ4n) is 2.79. The topological polar surface area (TPSA) is 69.5 Å². The molecule has 0 saturated carbocycles. The molecule has 0 aromatic heterocycles. The second-order valence-electron chi connectivity index (χ2n) is 4.75. The molecular formula is C13H14N3O3+. The molecule has 0 spiro atoms. The van der Waals surface area contributed by atoms with Crippen LogP contribution in [0.1, 0.15) is 27.6 Å². The summed E-state index contributed by atoms with van der Waals surface area (Å²) in [5.74, 6) is -0.290. The molecule has 1 aromatic rings. The molecule has 1 saturated heterocycles. The van der Waals surface area contributed by atoms with Crippen molar-refractivity contribution in [3.8, 4) is 0 Å². The van der Waals surface area contributed by atoms with Gasteiger partial charge in [-0.05, 0) is 0 Å². The van der Waals surface area contributed by atoms with Gasteiger partial charge < -0.3 is 0 Å². The first-order valence-corrected chi connectivity index (χ1v) is 6.26. The predicted molar refractivity (Wildman–Crippen MR) is 66.7 cm³/mol. The fourth-order valence-corrected chi connectivity index (χ4v) is 2.79. The minimum absolute atomic E-state index is 0.0822. The summed E-state index contributed by atoms with van der Waals surface area (Å²) in [5.41, 5.74) is 3.42. The largest absolute Gasteiger partial charge is 0.292 e. The van der Waals surface area contributed by atoms with Crippen molar-refractivity contribution in [2.24, 2.45) is 0 Å². The van der Waals surface area contributed by atoms with Gasteiger partial charge in [0.05, 0.1) is 4.91 Å². The number of hydrazine groups is 1. The molecule has 6 nitrogen and oxygen atoms in total. The molecular weight excluding hydrogens is 246 g/mol. The summed E-state index contributed by atoms with van der Waals surface area (Å²) in [7, 11) is 0. The van der Waals surface area contributed by atoms with E-state index in [0.29, 0.717) is 22.5 Å². The van der Waals surface area contributed by atoms with Gasteiger partial charge in [0.25, 0.3) is 6.67 Å². The molecule has 0 amide bonds. The quantitative estimate of drug-likeness (QED) is 0.739. The molecule has 0 radical (unpaired) electrons. The minimum Gasteiger partial charge on any atom is -0.292 e. The zero-order valence-electron chi connectivity index (χ0n) is 10.5. The zero-order valence-corrected chi connectivity index (χ0v) is 10.5. The van der Waals surface area contributed by atoms with Crippen LogP contribution in [0.25, 0.3) is 0 Å². The first-order chi connectivity index (χ1) is 9.13. The summed E-state index contributed by atoms with van der Waals surface area (Å²) in [4.78, 5) is 38.8. The Labute approximate surface area is 109 Å². The molecule has 3 rings (SSSR count). The van der Waals surface area contributed by atoms with Crippen molar-refractivity contribution in [2.75, 3.05) is 13.2 Å². The highest BCUT2D eigenvalue weighted by molar-refractivity contribution is 6.19.